The number of hydrogen-bond donors (Lipinski definition) is 3. The molecule has 0 bridgehead atoms. The number of amides is 2. The van der Waals surface area contributed by atoms with Crippen LogP contribution in [0.25, 0.3) is 11.1 Å². The summed E-state index contributed by atoms with van der Waals surface area (Å²) >= 11 is 0. The number of nitrogens with one attached hydrogen (secondary N) is 2. The Hall–Kier alpha value is -3.79. The van der Waals surface area contributed by atoms with Crippen molar-refractivity contribution in [2.45, 2.75) is 51.0 Å². The van der Waals surface area contributed by atoms with Crippen LogP contribution in [0.5, 0.6) is 23.0 Å². The van der Waals surface area contributed by atoms with E-state index in [1.54, 1.807) is 31.8 Å². The Labute approximate surface area is 215 Å². The van der Waals surface area contributed by atoms with Crippen molar-refractivity contribution in [3.8, 4) is 34.1 Å². The molecule has 0 aromatic heterocycles. The van der Waals surface area contributed by atoms with Crippen molar-refractivity contribution < 1.29 is 33.7 Å². The second-order valence-electron chi connectivity index (χ2n) is 8.71. The number of carbonyl (C=O) groups is 2. The van der Waals surface area contributed by atoms with Crippen LogP contribution in [0.3, 0.4) is 0 Å². The molecule has 2 aromatic rings. The van der Waals surface area contributed by atoms with Gasteiger partial charge in [0.05, 0.1) is 34.5 Å². The number of fused-ring (bicyclic) bond motifs is 3. The first-order valence-corrected chi connectivity index (χ1v) is 12.1. The number of hydroxylamine groups is 1. The van der Waals surface area contributed by atoms with E-state index in [9.17, 15) is 14.4 Å². The molecule has 0 fully saturated rings. The highest BCUT2D eigenvalue weighted by Gasteiger charge is 2.29. The number of rotatable bonds is 11. The maximum Gasteiger partial charge on any atom is 0.243 e. The summed E-state index contributed by atoms with van der Waals surface area (Å²) in [4.78, 5) is 36.9. The van der Waals surface area contributed by atoms with Gasteiger partial charge in [-0.1, -0.05) is 12.5 Å². The highest BCUT2D eigenvalue weighted by Crippen LogP contribution is 2.50. The summed E-state index contributed by atoms with van der Waals surface area (Å²) in [5.74, 6) is 1.04. The van der Waals surface area contributed by atoms with Gasteiger partial charge in [0, 0.05) is 18.4 Å². The predicted molar refractivity (Wildman–Crippen MR) is 137 cm³/mol. The normalized spacial score (nSPS) is 13.9. The highest BCUT2D eigenvalue weighted by molar-refractivity contribution is 5.83. The molecule has 0 unspecified atom stereocenters. The average Bonchev–Trinajstić information content (AvgIpc) is 3.15. The van der Waals surface area contributed by atoms with E-state index in [0.29, 0.717) is 54.9 Å². The highest BCUT2D eigenvalue weighted by atomic mass is 16.5. The van der Waals surface area contributed by atoms with Crippen LogP contribution >= 0.6 is 0 Å². The molecular formula is C27H34N2O8. The largest absolute Gasteiger partial charge is 0.493 e. The van der Waals surface area contributed by atoms with Gasteiger partial charge in [0.1, 0.15) is 0 Å². The van der Waals surface area contributed by atoms with E-state index in [2.05, 4.69) is 5.32 Å². The van der Waals surface area contributed by atoms with Gasteiger partial charge in [0.2, 0.25) is 23.0 Å². The lowest BCUT2D eigenvalue weighted by Gasteiger charge is -2.20. The third kappa shape index (κ3) is 6.32. The second kappa shape index (κ2) is 13.0. The Morgan fingerprint density at radius 1 is 0.892 bits per heavy atom. The summed E-state index contributed by atoms with van der Waals surface area (Å²) in [6.45, 7) is 0. The minimum Gasteiger partial charge on any atom is -0.493 e. The van der Waals surface area contributed by atoms with Gasteiger partial charge in [0.25, 0.3) is 0 Å². The predicted octanol–water partition coefficient (Wildman–Crippen LogP) is 3.31. The average molecular weight is 515 g/mol. The van der Waals surface area contributed by atoms with Crippen LogP contribution in [-0.2, 0) is 16.0 Å². The molecule has 2 aromatic carbocycles. The molecule has 0 heterocycles. The van der Waals surface area contributed by atoms with E-state index < -0.39 is 11.9 Å². The number of benzene rings is 1. The summed E-state index contributed by atoms with van der Waals surface area (Å²) in [7, 11) is 6.08. The van der Waals surface area contributed by atoms with Gasteiger partial charge >= 0.3 is 0 Å². The molecule has 2 amide bonds. The topological polar surface area (TPSA) is 132 Å². The molecule has 200 valence electrons. The maximum atomic E-state index is 12.9. The monoisotopic (exact) mass is 514 g/mol. The number of methoxy groups -OCH3 is 4. The SMILES string of the molecule is COc1cc2c(c(OC)c1OC)-c1ccc(OC)c(=O)cc1[C@@H](NC(=O)CCCCCC(=O)NO)CC2. The van der Waals surface area contributed by atoms with Crippen molar-refractivity contribution >= 4 is 11.8 Å². The summed E-state index contributed by atoms with van der Waals surface area (Å²) in [5, 5.41) is 11.7. The van der Waals surface area contributed by atoms with E-state index in [4.69, 9.17) is 24.2 Å². The van der Waals surface area contributed by atoms with Crippen molar-refractivity contribution in [2.75, 3.05) is 28.4 Å². The minimum atomic E-state index is -0.445. The first-order chi connectivity index (χ1) is 17.9. The summed E-state index contributed by atoms with van der Waals surface area (Å²) in [5.41, 5.74) is 4.40. The van der Waals surface area contributed by atoms with E-state index in [-0.39, 0.29) is 29.9 Å². The van der Waals surface area contributed by atoms with Crippen LogP contribution in [0, 0.1) is 0 Å². The molecular weight excluding hydrogens is 480 g/mol. The van der Waals surface area contributed by atoms with Crippen LogP contribution in [0.2, 0.25) is 0 Å². The number of unbranched alkanes of at least 4 members (excludes halogenated alkanes) is 2. The molecule has 0 radical (unpaired) electrons. The molecule has 0 saturated heterocycles. The number of ether oxygens (including phenoxy) is 4. The van der Waals surface area contributed by atoms with E-state index in [1.807, 2.05) is 6.07 Å². The van der Waals surface area contributed by atoms with Gasteiger partial charge < -0.3 is 24.3 Å². The second-order valence-corrected chi connectivity index (χ2v) is 8.71. The zero-order chi connectivity index (χ0) is 26.9. The lowest BCUT2D eigenvalue weighted by Crippen LogP contribution is -2.29. The fourth-order valence-corrected chi connectivity index (χ4v) is 4.69. The maximum absolute atomic E-state index is 12.9. The van der Waals surface area contributed by atoms with Gasteiger partial charge in [0.15, 0.2) is 17.2 Å². The molecule has 1 aliphatic rings. The molecule has 3 N–H and O–H groups in total. The van der Waals surface area contributed by atoms with Crippen molar-refractivity contribution in [2.24, 2.45) is 0 Å². The van der Waals surface area contributed by atoms with E-state index in [0.717, 1.165) is 16.7 Å². The zero-order valence-electron chi connectivity index (χ0n) is 21.6. The first-order valence-electron chi connectivity index (χ1n) is 12.1. The van der Waals surface area contributed by atoms with Crippen molar-refractivity contribution in [3.63, 3.8) is 0 Å². The summed E-state index contributed by atoms with van der Waals surface area (Å²) in [6.07, 6.45) is 3.45. The fourth-order valence-electron chi connectivity index (χ4n) is 4.69. The van der Waals surface area contributed by atoms with Gasteiger partial charge in [-0.2, -0.15) is 0 Å². The van der Waals surface area contributed by atoms with Crippen LogP contribution in [0.1, 0.15) is 55.7 Å². The number of aryl methyl sites for hydroxylation is 1. The number of carbonyl (C=O) groups excluding carboxylic acids is 2. The van der Waals surface area contributed by atoms with E-state index in [1.165, 1.54) is 20.3 Å². The summed E-state index contributed by atoms with van der Waals surface area (Å²) in [6, 6.07) is 6.40. The van der Waals surface area contributed by atoms with E-state index >= 15 is 0 Å². The smallest absolute Gasteiger partial charge is 0.243 e. The quantitative estimate of drug-likeness (QED) is 0.236. The molecule has 0 aliphatic heterocycles. The molecule has 10 nitrogen and oxygen atoms in total. The van der Waals surface area contributed by atoms with Crippen molar-refractivity contribution in [3.05, 3.63) is 45.6 Å². The van der Waals surface area contributed by atoms with Crippen LogP contribution in [0.4, 0.5) is 0 Å². The van der Waals surface area contributed by atoms with Gasteiger partial charge in [-0.15, -0.1) is 0 Å². The first kappa shape index (κ1) is 27.8. The van der Waals surface area contributed by atoms with Gasteiger partial charge in [-0.05, 0) is 60.6 Å². The summed E-state index contributed by atoms with van der Waals surface area (Å²) < 4.78 is 22.2. The Balaban J connectivity index is 1.99. The number of hydrogen-bond acceptors (Lipinski definition) is 8. The Morgan fingerprint density at radius 3 is 2.19 bits per heavy atom. The molecule has 1 atom stereocenters. The molecule has 0 saturated carbocycles. The standard InChI is InChI=1S/C27H34N2O8/c1-34-21-13-11-17-18(15-20(21)30)19(28-23(31)8-6-5-7-9-24(32)29-33)12-10-16-14-22(35-2)26(36-3)27(37-4)25(16)17/h11,13-15,19,33H,5-10,12H2,1-4H3,(H,28,31)(H,29,32)/t19-/m0/s1. The minimum absolute atomic E-state index is 0.151. The van der Waals surface area contributed by atoms with Crippen LogP contribution in [-0.4, -0.2) is 45.5 Å². The molecule has 1 aliphatic carbocycles. The lowest BCUT2D eigenvalue weighted by molar-refractivity contribution is -0.129. The zero-order valence-corrected chi connectivity index (χ0v) is 21.6. The van der Waals surface area contributed by atoms with Gasteiger partial charge in [-0.3, -0.25) is 19.6 Å². The van der Waals surface area contributed by atoms with Gasteiger partial charge in [-0.25, -0.2) is 5.48 Å². The molecule has 37 heavy (non-hydrogen) atoms. The Bertz CT molecular complexity index is 1200. The molecule has 0 spiro atoms. The van der Waals surface area contributed by atoms with Crippen LogP contribution < -0.4 is 35.2 Å². The van der Waals surface area contributed by atoms with Crippen LogP contribution in [0.15, 0.2) is 29.1 Å². The van der Waals surface area contributed by atoms with Crippen molar-refractivity contribution in [1.82, 2.24) is 10.8 Å². The fraction of sp³-hybridized carbons (Fsp3) is 0.444. The third-order valence-electron chi connectivity index (χ3n) is 6.49. The molecule has 10 heteroatoms. The third-order valence-corrected chi connectivity index (χ3v) is 6.49. The Morgan fingerprint density at radius 2 is 1.57 bits per heavy atom. The Kier molecular flexibility index (Phi) is 9.73. The lowest BCUT2D eigenvalue weighted by atomic mass is 9.95. The van der Waals surface area contributed by atoms with Crippen molar-refractivity contribution in [1.29, 1.82) is 0 Å². The molecule has 3 rings (SSSR count).